The minimum atomic E-state index is -0.109. The van der Waals surface area contributed by atoms with Gasteiger partial charge in [0.1, 0.15) is 13.2 Å². The van der Waals surface area contributed by atoms with Crippen LogP contribution in [-0.4, -0.2) is 61.7 Å². The number of rotatable bonds is 4. The lowest BCUT2D eigenvalue weighted by molar-refractivity contribution is -0.135. The van der Waals surface area contributed by atoms with E-state index in [2.05, 4.69) is 11.0 Å². The molecule has 6 nitrogen and oxygen atoms in total. The maximum Gasteiger partial charge on any atom is 0.237 e. The van der Waals surface area contributed by atoms with E-state index < -0.39 is 0 Å². The molecule has 5 rings (SSSR count). The Bertz CT molecular complexity index is 953. The van der Waals surface area contributed by atoms with Crippen LogP contribution in [0, 0.1) is 0 Å². The molecule has 1 amide bonds. The molecule has 31 heavy (non-hydrogen) atoms. The normalized spacial score (nSPS) is 23.7. The SMILES string of the molecule is O=C(CN1CCOC(c2ccccc2Cl)C1)N1CCCC1c1ccc2c(c1)OCCO2. The van der Waals surface area contributed by atoms with Crippen LogP contribution < -0.4 is 9.47 Å². The van der Waals surface area contributed by atoms with E-state index in [1.165, 1.54) is 0 Å². The molecule has 0 bridgehead atoms. The highest BCUT2D eigenvalue weighted by atomic mass is 35.5. The molecule has 2 aromatic carbocycles. The first-order chi connectivity index (χ1) is 15.2. The Labute approximate surface area is 187 Å². The number of fused-ring (bicyclic) bond motifs is 1. The second-order valence-corrected chi connectivity index (χ2v) is 8.67. The van der Waals surface area contributed by atoms with Crippen LogP contribution in [0.2, 0.25) is 5.02 Å². The zero-order valence-corrected chi connectivity index (χ0v) is 18.2. The summed E-state index contributed by atoms with van der Waals surface area (Å²) in [5.74, 6) is 1.72. The number of morpholine rings is 1. The summed E-state index contributed by atoms with van der Waals surface area (Å²) in [7, 11) is 0. The number of ether oxygens (including phenoxy) is 3. The average Bonchev–Trinajstić information content (AvgIpc) is 3.29. The van der Waals surface area contributed by atoms with E-state index in [4.69, 9.17) is 25.8 Å². The van der Waals surface area contributed by atoms with Gasteiger partial charge in [-0.2, -0.15) is 0 Å². The zero-order chi connectivity index (χ0) is 21.2. The van der Waals surface area contributed by atoms with Gasteiger partial charge in [-0.3, -0.25) is 9.69 Å². The highest BCUT2D eigenvalue weighted by Crippen LogP contribution is 2.38. The maximum absolute atomic E-state index is 13.3. The summed E-state index contributed by atoms with van der Waals surface area (Å²) in [6.07, 6.45) is 1.87. The van der Waals surface area contributed by atoms with Gasteiger partial charge in [-0.05, 0) is 36.6 Å². The number of carbonyl (C=O) groups excluding carboxylic acids is 1. The average molecular weight is 443 g/mol. The van der Waals surface area contributed by atoms with Crippen LogP contribution in [0.25, 0.3) is 0 Å². The van der Waals surface area contributed by atoms with Gasteiger partial charge in [-0.25, -0.2) is 0 Å². The molecule has 0 N–H and O–H groups in total. The molecule has 2 aromatic rings. The van der Waals surface area contributed by atoms with Crippen LogP contribution in [-0.2, 0) is 9.53 Å². The maximum atomic E-state index is 13.3. The molecule has 0 aromatic heterocycles. The van der Waals surface area contributed by atoms with Gasteiger partial charge in [-0.15, -0.1) is 0 Å². The first kappa shape index (κ1) is 20.6. The molecule has 2 fully saturated rings. The highest BCUT2D eigenvalue weighted by Gasteiger charge is 2.33. The Kier molecular flexibility index (Phi) is 6.03. The monoisotopic (exact) mass is 442 g/mol. The molecule has 2 unspecified atom stereocenters. The summed E-state index contributed by atoms with van der Waals surface area (Å²) >= 11 is 6.36. The molecule has 0 saturated carbocycles. The van der Waals surface area contributed by atoms with Crippen LogP contribution in [0.3, 0.4) is 0 Å². The molecule has 2 atom stereocenters. The highest BCUT2D eigenvalue weighted by molar-refractivity contribution is 6.31. The second-order valence-electron chi connectivity index (χ2n) is 8.26. The van der Waals surface area contributed by atoms with Crippen molar-refractivity contribution in [3.05, 3.63) is 58.6 Å². The van der Waals surface area contributed by atoms with Crippen molar-refractivity contribution >= 4 is 17.5 Å². The fourth-order valence-corrected chi connectivity index (χ4v) is 4.99. The molecule has 3 aliphatic heterocycles. The van der Waals surface area contributed by atoms with Crippen molar-refractivity contribution in [1.29, 1.82) is 0 Å². The summed E-state index contributed by atoms with van der Waals surface area (Å²) in [5.41, 5.74) is 2.10. The number of halogens is 1. The van der Waals surface area contributed by atoms with Gasteiger partial charge < -0.3 is 19.1 Å². The Morgan fingerprint density at radius 3 is 2.74 bits per heavy atom. The van der Waals surface area contributed by atoms with E-state index in [1.54, 1.807) is 0 Å². The van der Waals surface area contributed by atoms with Crippen molar-refractivity contribution in [2.45, 2.75) is 25.0 Å². The van der Waals surface area contributed by atoms with Crippen LogP contribution >= 0.6 is 11.6 Å². The van der Waals surface area contributed by atoms with Gasteiger partial charge in [0.05, 0.1) is 25.3 Å². The summed E-state index contributed by atoms with van der Waals surface area (Å²) < 4.78 is 17.3. The van der Waals surface area contributed by atoms with Gasteiger partial charge in [0.15, 0.2) is 11.5 Å². The van der Waals surface area contributed by atoms with E-state index in [1.807, 2.05) is 41.3 Å². The van der Waals surface area contributed by atoms with Crippen LogP contribution in [0.1, 0.15) is 36.1 Å². The number of carbonyl (C=O) groups is 1. The van der Waals surface area contributed by atoms with Crippen molar-refractivity contribution in [2.24, 2.45) is 0 Å². The third-order valence-electron chi connectivity index (χ3n) is 6.29. The van der Waals surface area contributed by atoms with Gasteiger partial charge in [0.2, 0.25) is 5.91 Å². The van der Waals surface area contributed by atoms with Crippen LogP contribution in [0.4, 0.5) is 0 Å². The number of hydrogen-bond donors (Lipinski definition) is 0. The van der Waals surface area contributed by atoms with E-state index in [0.29, 0.717) is 37.9 Å². The molecule has 0 radical (unpaired) electrons. The fourth-order valence-electron chi connectivity index (χ4n) is 4.73. The lowest BCUT2D eigenvalue weighted by atomic mass is 10.0. The Balaban J connectivity index is 1.26. The summed E-state index contributed by atoms with van der Waals surface area (Å²) in [6, 6.07) is 13.9. The van der Waals surface area contributed by atoms with Crippen molar-refractivity contribution in [2.75, 3.05) is 46.0 Å². The summed E-state index contributed by atoms with van der Waals surface area (Å²) in [6.45, 7) is 4.33. The lowest BCUT2D eigenvalue weighted by Gasteiger charge is -2.35. The predicted octanol–water partition coefficient (Wildman–Crippen LogP) is 3.85. The minimum absolute atomic E-state index is 0.0868. The quantitative estimate of drug-likeness (QED) is 0.720. The van der Waals surface area contributed by atoms with Gasteiger partial charge in [0.25, 0.3) is 0 Å². The first-order valence-electron chi connectivity index (χ1n) is 11.0. The molecule has 164 valence electrons. The molecule has 2 saturated heterocycles. The zero-order valence-electron chi connectivity index (χ0n) is 17.5. The Hall–Kier alpha value is -2.28. The Morgan fingerprint density at radius 1 is 1.03 bits per heavy atom. The van der Waals surface area contributed by atoms with Gasteiger partial charge in [0, 0.05) is 30.2 Å². The smallest absolute Gasteiger partial charge is 0.237 e. The third kappa shape index (κ3) is 4.38. The lowest BCUT2D eigenvalue weighted by Crippen LogP contribution is -2.45. The molecule has 0 spiro atoms. The standard InChI is InChI=1S/C24H27ClN2O4/c25-19-5-2-1-4-18(19)23-15-26(10-11-29-23)16-24(28)27-9-3-6-20(27)17-7-8-21-22(14-17)31-13-12-30-21/h1-2,4-5,7-8,14,20,23H,3,6,9-13,15-16H2. The van der Waals surface area contributed by atoms with Crippen LogP contribution in [0.5, 0.6) is 11.5 Å². The number of nitrogens with zero attached hydrogens (tertiary/aromatic N) is 2. The molecular formula is C24H27ClN2O4. The van der Waals surface area contributed by atoms with E-state index in [0.717, 1.165) is 48.6 Å². The van der Waals surface area contributed by atoms with E-state index in [9.17, 15) is 4.79 Å². The summed E-state index contributed by atoms with van der Waals surface area (Å²) in [5, 5.41) is 0.707. The van der Waals surface area contributed by atoms with Crippen molar-refractivity contribution in [1.82, 2.24) is 9.80 Å². The third-order valence-corrected chi connectivity index (χ3v) is 6.63. The van der Waals surface area contributed by atoms with Crippen molar-refractivity contribution < 1.29 is 19.0 Å². The first-order valence-corrected chi connectivity index (χ1v) is 11.3. The topological polar surface area (TPSA) is 51.2 Å². The molecule has 3 aliphatic rings. The van der Waals surface area contributed by atoms with Gasteiger partial charge >= 0.3 is 0 Å². The number of hydrogen-bond acceptors (Lipinski definition) is 5. The minimum Gasteiger partial charge on any atom is -0.486 e. The number of amides is 1. The summed E-state index contributed by atoms with van der Waals surface area (Å²) in [4.78, 5) is 17.5. The van der Waals surface area contributed by atoms with Crippen molar-refractivity contribution in [3.63, 3.8) is 0 Å². The number of benzene rings is 2. The number of likely N-dealkylation sites (tertiary alicyclic amines) is 1. The predicted molar refractivity (Wildman–Crippen MR) is 118 cm³/mol. The van der Waals surface area contributed by atoms with Crippen molar-refractivity contribution in [3.8, 4) is 11.5 Å². The van der Waals surface area contributed by atoms with E-state index >= 15 is 0 Å². The second kappa shape index (κ2) is 9.07. The van der Waals surface area contributed by atoms with Gasteiger partial charge in [-0.1, -0.05) is 35.9 Å². The van der Waals surface area contributed by atoms with Crippen LogP contribution in [0.15, 0.2) is 42.5 Å². The molecule has 3 heterocycles. The molecule has 7 heteroatoms. The fraction of sp³-hybridized carbons (Fsp3) is 0.458. The van der Waals surface area contributed by atoms with E-state index in [-0.39, 0.29) is 18.1 Å². The largest absolute Gasteiger partial charge is 0.486 e. The molecule has 0 aliphatic carbocycles. The Morgan fingerprint density at radius 2 is 1.87 bits per heavy atom. The molecular weight excluding hydrogens is 416 g/mol.